The lowest BCUT2D eigenvalue weighted by Gasteiger charge is -2.37. The zero-order valence-electron chi connectivity index (χ0n) is 10.8. The van der Waals surface area contributed by atoms with Gasteiger partial charge >= 0.3 is 0 Å². The molecule has 1 aliphatic heterocycles. The standard InChI is InChI=1S/C12H22N2O2/c1-8(2)10-11(16)14(6-9(15)13-10)7-12(3,4)5/h8,10H,6-7H2,1-5H3,(H,13,15). The molecule has 1 atom stereocenters. The molecular formula is C12H22N2O2. The summed E-state index contributed by atoms with van der Waals surface area (Å²) in [5, 5.41) is 2.75. The molecular weight excluding hydrogens is 204 g/mol. The molecule has 1 saturated heterocycles. The van der Waals surface area contributed by atoms with Crippen molar-refractivity contribution in [3.8, 4) is 0 Å². The third kappa shape index (κ3) is 3.22. The lowest BCUT2D eigenvalue weighted by molar-refractivity contribution is -0.146. The second kappa shape index (κ2) is 4.44. The zero-order valence-corrected chi connectivity index (χ0v) is 10.8. The van der Waals surface area contributed by atoms with Crippen LogP contribution in [0.2, 0.25) is 0 Å². The maximum atomic E-state index is 12.1. The van der Waals surface area contributed by atoms with Crippen LogP contribution in [-0.2, 0) is 9.59 Å². The molecule has 92 valence electrons. The summed E-state index contributed by atoms with van der Waals surface area (Å²) < 4.78 is 0. The summed E-state index contributed by atoms with van der Waals surface area (Å²) in [4.78, 5) is 25.3. The third-order valence-corrected chi connectivity index (χ3v) is 2.56. The average Bonchev–Trinajstić information content (AvgIpc) is 2.07. The Labute approximate surface area is 97.4 Å². The number of piperazine rings is 1. The summed E-state index contributed by atoms with van der Waals surface area (Å²) >= 11 is 0. The van der Waals surface area contributed by atoms with E-state index in [9.17, 15) is 9.59 Å². The number of carbonyl (C=O) groups excluding carboxylic acids is 2. The van der Waals surface area contributed by atoms with Crippen LogP contribution in [0, 0.1) is 11.3 Å². The molecule has 0 aromatic carbocycles. The summed E-state index contributed by atoms with van der Waals surface area (Å²) in [6.07, 6.45) is 0. The normalized spacial score (nSPS) is 22.6. The molecule has 1 N–H and O–H groups in total. The van der Waals surface area contributed by atoms with Gasteiger partial charge < -0.3 is 10.2 Å². The molecule has 1 fully saturated rings. The number of nitrogens with zero attached hydrogens (tertiary/aromatic N) is 1. The van der Waals surface area contributed by atoms with Crippen molar-refractivity contribution in [3.63, 3.8) is 0 Å². The number of amides is 2. The first-order chi connectivity index (χ1) is 7.20. The fraction of sp³-hybridized carbons (Fsp3) is 0.833. The van der Waals surface area contributed by atoms with Gasteiger partial charge in [-0.2, -0.15) is 0 Å². The van der Waals surface area contributed by atoms with Crippen LogP contribution in [0.4, 0.5) is 0 Å². The van der Waals surface area contributed by atoms with E-state index in [0.717, 1.165) is 0 Å². The number of carbonyl (C=O) groups is 2. The largest absolute Gasteiger partial charge is 0.343 e. The highest BCUT2D eigenvalue weighted by atomic mass is 16.2. The fourth-order valence-corrected chi connectivity index (χ4v) is 1.89. The first-order valence-electron chi connectivity index (χ1n) is 5.79. The molecule has 4 heteroatoms. The van der Waals surface area contributed by atoms with Crippen LogP contribution in [0.1, 0.15) is 34.6 Å². The lowest BCUT2D eigenvalue weighted by Crippen LogP contribution is -2.60. The summed E-state index contributed by atoms with van der Waals surface area (Å²) in [6, 6.07) is -0.358. The predicted molar refractivity (Wildman–Crippen MR) is 62.8 cm³/mol. The summed E-state index contributed by atoms with van der Waals surface area (Å²) in [5.41, 5.74) is 0.0226. The highest BCUT2D eigenvalue weighted by Gasteiger charge is 2.35. The van der Waals surface area contributed by atoms with E-state index in [1.807, 2.05) is 13.8 Å². The third-order valence-electron chi connectivity index (χ3n) is 2.56. The Morgan fingerprint density at radius 2 is 1.94 bits per heavy atom. The lowest BCUT2D eigenvalue weighted by atomic mass is 9.93. The van der Waals surface area contributed by atoms with Gasteiger partial charge in [0.2, 0.25) is 11.8 Å². The van der Waals surface area contributed by atoms with E-state index in [1.165, 1.54) is 0 Å². The minimum absolute atomic E-state index is 0.0226. The van der Waals surface area contributed by atoms with Crippen molar-refractivity contribution in [2.75, 3.05) is 13.1 Å². The molecule has 0 aromatic heterocycles. The number of hydrogen-bond donors (Lipinski definition) is 1. The Kier molecular flexibility index (Phi) is 3.61. The molecule has 1 unspecified atom stereocenters. The molecule has 0 radical (unpaired) electrons. The van der Waals surface area contributed by atoms with Gasteiger partial charge in [0.1, 0.15) is 6.04 Å². The fourth-order valence-electron chi connectivity index (χ4n) is 1.89. The summed E-state index contributed by atoms with van der Waals surface area (Å²) in [5.74, 6) is 0.131. The molecule has 1 rings (SSSR count). The Morgan fingerprint density at radius 1 is 1.38 bits per heavy atom. The van der Waals surface area contributed by atoms with Gasteiger partial charge in [-0.05, 0) is 11.3 Å². The van der Waals surface area contributed by atoms with Crippen molar-refractivity contribution in [1.82, 2.24) is 10.2 Å². The number of nitrogens with one attached hydrogen (secondary N) is 1. The van der Waals surface area contributed by atoms with Crippen molar-refractivity contribution in [1.29, 1.82) is 0 Å². The molecule has 0 saturated carbocycles. The topological polar surface area (TPSA) is 49.4 Å². The number of rotatable bonds is 2. The van der Waals surface area contributed by atoms with E-state index < -0.39 is 0 Å². The van der Waals surface area contributed by atoms with Crippen molar-refractivity contribution in [2.45, 2.75) is 40.7 Å². The van der Waals surface area contributed by atoms with Crippen molar-refractivity contribution in [2.24, 2.45) is 11.3 Å². The summed E-state index contributed by atoms with van der Waals surface area (Å²) in [7, 11) is 0. The van der Waals surface area contributed by atoms with Crippen molar-refractivity contribution >= 4 is 11.8 Å². The van der Waals surface area contributed by atoms with Gasteiger partial charge in [-0.1, -0.05) is 34.6 Å². The molecule has 0 aliphatic carbocycles. The quantitative estimate of drug-likeness (QED) is 0.764. The zero-order chi connectivity index (χ0) is 12.5. The molecule has 4 nitrogen and oxygen atoms in total. The maximum absolute atomic E-state index is 12.1. The first-order valence-corrected chi connectivity index (χ1v) is 5.79. The molecule has 1 heterocycles. The first kappa shape index (κ1) is 13.0. The van der Waals surface area contributed by atoms with E-state index in [2.05, 4.69) is 26.1 Å². The molecule has 0 spiro atoms. The van der Waals surface area contributed by atoms with E-state index >= 15 is 0 Å². The van der Waals surface area contributed by atoms with Gasteiger partial charge in [0.05, 0.1) is 6.54 Å². The smallest absolute Gasteiger partial charge is 0.245 e. The highest BCUT2D eigenvalue weighted by Crippen LogP contribution is 2.18. The van der Waals surface area contributed by atoms with Gasteiger partial charge in [-0.25, -0.2) is 0 Å². The molecule has 1 aliphatic rings. The molecule has 2 amide bonds. The van der Waals surface area contributed by atoms with E-state index in [0.29, 0.717) is 6.54 Å². The second-order valence-corrected chi connectivity index (χ2v) is 6.04. The highest BCUT2D eigenvalue weighted by molar-refractivity contribution is 5.95. The Morgan fingerprint density at radius 3 is 2.38 bits per heavy atom. The van der Waals surface area contributed by atoms with Crippen molar-refractivity contribution in [3.05, 3.63) is 0 Å². The van der Waals surface area contributed by atoms with Gasteiger partial charge in [-0.15, -0.1) is 0 Å². The SMILES string of the molecule is CC(C)C1NC(=O)CN(CC(C)(C)C)C1=O. The van der Waals surface area contributed by atoms with E-state index in [-0.39, 0.29) is 35.7 Å². The maximum Gasteiger partial charge on any atom is 0.245 e. The average molecular weight is 226 g/mol. The second-order valence-electron chi connectivity index (χ2n) is 6.04. The van der Waals surface area contributed by atoms with Crippen LogP contribution in [0.5, 0.6) is 0 Å². The Bertz CT molecular complexity index is 292. The minimum atomic E-state index is -0.358. The molecule has 0 aromatic rings. The van der Waals surface area contributed by atoms with Crippen LogP contribution in [0.15, 0.2) is 0 Å². The monoisotopic (exact) mass is 226 g/mol. The Balaban J connectivity index is 2.77. The van der Waals surface area contributed by atoms with Gasteiger partial charge in [0.25, 0.3) is 0 Å². The van der Waals surface area contributed by atoms with Crippen molar-refractivity contribution < 1.29 is 9.59 Å². The summed E-state index contributed by atoms with van der Waals surface area (Å²) in [6.45, 7) is 10.9. The van der Waals surface area contributed by atoms with Gasteiger partial charge in [-0.3, -0.25) is 9.59 Å². The van der Waals surface area contributed by atoms with E-state index in [1.54, 1.807) is 4.90 Å². The van der Waals surface area contributed by atoms with Crippen LogP contribution >= 0.6 is 0 Å². The van der Waals surface area contributed by atoms with Gasteiger partial charge in [0.15, 0.2) is 0 Å². The van der Waals surface area contributed by atoms with Crippen LogP contribution < -0.4 is 5.32 Å². The molecule has 0 bridgehead atoms. The van der Waals surface area contributed by atoms with Crippen LogP contribution in [-0.4, -0.2) is 35.8 Å². The van der Waals surface area contributed by atoms with Gasteiger partial charge in [0, 0.05) is 6.54 Å². The van der Waals surface area contributed by atoms with Crippen LogP contribution in [0.3, 0.4) is 0 Å². The van der Waals surface area contributed by atoms with Crippen LogP contribution in [0.25, 0.3) is 0 Å². The Hall–Kier alpha value is -1.06. The minimum Gasteiger partial charge on any atom is -0.343 e. The molecule has 16 heavy (non-hydrogen) atoms. The van der Waals surface area contributed by atoms with E-state index in [4.69, 9.17) is 0 Å². The predicted octanol–water partition coefficient (Wildman–Crippen LogP) is 1.02. The number of hydrogen-bond acceptors (Lipinski definition) is 2.